The number of benzene rings is 2. The Balaban J connectivity index is 1.55. The summed E-state index contributed by atoms with van der Waals surface area (Å²) in [5, 5.41) is 5.07. The molecule has 4 rings (SSSR count). The summed E-state index contributed by atoms with van der Waals surface area (Å²) in [5.41, 5.74) is 3.70. The van der Waals surface area contributed by atoms with Gasteiger partial charge in [-0.05, 0) is 36.2 Å². The Hall–Kier alpha value is -3.41. The van der Waals surface area contributed by atoms with E-state index in [0.717, 1.165) is 22.8 Å². The molecular formula is C22H23N3O3. The molecule has 2 aromatic carbocycles. The summed E-state index contributed by atoms with van der Waals surface area (Å²) in [6.45, 7) is 0.552. The van der Waals surface area contributed by atoms with Crippen molar-refractivity contribution < 1.29 is 14.3 Å². The van der Waals surface area contributed by atoms with Gasteiger partial charge in [-0.15, -0.1) is 0 Å². The van der Waals surface area contributed by atoms with Crippen LogP contribution in [-0.2, 0) is 13.5 Å². The summed E-state index contributed by atoms with van der Waals surface area (Å²) in [4.78, 5) is 16.1. The lowest BCUT2D eigenvalue weighted by molar-refractivity contribution is 0.0946. The summed E-state index contributed by atoms with van der Waals surface area (Å²) >= 11 is 0. The number of methoxy groups -OCH3 is 2. The lowest BCUT2D eigenvalue weighted by Gasteiger charge is -2.09. The van der Waals surface area contributed by atoms with Crippen molar-refractivity contribution in [3.8, 4) is 11.5 Å². The number of para-hydroxylation sites is 1. The minimum Gasteiger partial charge on any atom is -0.496 e. The quantitative estimate of drug-likeness (QED) is 0.539. The molecule has 0 radical (unpaired) electrons. The summed E-state index contributed by atoms with van der Waals surface area (Å²) in [6.07, 6.45) is 2.76. The molecule has 2 aromatic heterocycles. The van der Waals surface area contributed by atoms with Gasteiger partial charge in [0.05, 0.1) is 19.7 Å². The van der Waals surface area contributed by atoms with Crippen molar-refractivity contribution in [1.29, 1.82) is 0 Å². The van der Waals surface area contributed by atoms with Crippen LogP contribution in [0.2, 0.25) is 0 Å². The number of carbonyl (C=O) groups excluding carboxylic acids is 1. The molecule has 2 N–H and O–H groups in total. The van der Waals surface area contributed by atoms with Crippen LogP contribution in [0.4, 0.5) is 0 Å². The number of aryl methyl sites for hydroxylation is 1. The summed E-state index contributed by atoms with van der Waals surface area (Å²) in [6, 6.07) is 13.7. The molecule has 6 nitrogen and oxygen atoms in total. The number of nitrogens with zero attached hydrogens (tertiary/aromatic N) is 1. The number of fused-ring (bicyclic) bond motifs is 2. The van der Waals surface area contributed by atoms with Gasteiger partial charge in [-0.1, -0.05) is 18.2 Å². The van der Waals surface area contributed by atoms with Crippen LogP contribution in [0, 0.1) is 0 Å². The van der Waals surface area contributed by atoms with E-state index in [0.29, 0.717) is 23.7 Å². The van der Waals surface area contributed by atoms with Gasteiger partial charge in [-0.25, -0.2) is 0 Å². The van der Waals surface area contributed by atoms with E-state index in [4.69, 9.17) is 9.47 Å². The normalized spacial score (nSPS) is 11.1. The van der Waals surface area contributed by atoms with Crippen molar-refractivity contribution in [2.24, 2.45) is 7.05 Å². The molecule has 0 aliphatic rings. The van der Waals surface area contributed by atoms with Crippen molar-refractivity contribution in [3.05, 3.63) is 59.9 Å². The predicted octanol–water partition coefficient (Wildman–Crippen LogP) is 3.65. The highest BCUT2D eigenvalue weighted by atomic mass is 16.5. The summed E-state index contributed by atoms with van der Waals surface area (Å²) in [5.74, 6) is 1.29. The molecule has 1 amide bonds. The van der Waals surface area contributed by atoms with Gasteiger partial charge < -0.3 is 24.3 Å². The Labute approximate surface area is 163 Å². The number of rotatable bonds is 6. The molecule has 6 heteroatoms. The van der Waals surface area contributed by atoms with Crippen molar-refractivity contribution in [2.75, 3.05) is 20.8 Å². The van der Waals surface area contributed by atoms with Gasteiger partial charge in [0, 0.05) is 36.1 Å². The van der Waals surface area contributed by atoms with E-state index in [9.17, 15) is 4.79 Å². The van der Waals surface area contributed by atoms with E-state index in [1.165, 1.54) is 10.9 Å². The second-order valence-electron chi connectivity index (χ2n) is 6.69. The molecule has 0 bridgehead atoms. The molecule has 2 heterocycles. The molecule has 0 aliphatic heterocycles. The first-order chi connectivity index (χ1) is 13.6. The van der Waals surface area contributed by atoms with Gasteiger partial charge in [-0.3, -0.25) is 4.79 Å². The van der Waals surface area contributed by atoms with E-state index >= 15 is 0 Å². The van der Waals surface area contributed by atoms with Gasteiger partial charge in [0.2, 0.25) is 0 Å². The van der Waals surface area contributed by atoms with Crippen LogP contribution in [0.5, 0.6) is 11.5 Å². The average molecular weight is 377 g/mol. The van der Waals surface area contributed by atoms with Crippen molar-refractivity contribution in [1.82, 2.24) is 14.9 Å². The van der Waals surface area contributed by atoms with Crippen LogP contribution >= 0.6 is 0 Å². The molecule has 144 valence electrons. The fourth-order valence-electron chi connectivity index (χ4n) is 3.71. The van der Waals surface area contributed by atoms with Gasteiger partial charge in [0.15, 0.2) is 0 Å². The second-order valence-corrected chi connectivity index (χ2v) is 6.69. The SMILES string of the molecule is COc1ccc(OC)c2c1cc(C(=O)NCCc1c[nH]c3ccccc13)n2C. The smallest absolute Gasteiger partial charge is 0.267 e. The maximum absolute atomic E-state index is 12.8. The predicted molar refractivity (Wildman–Crippen MR) is 110 cm³/mol. The van der Waals surface area contributed by atoms with E-state index < -0.39 is 0 Å². The highest BCUT2D eigenvalue weighted by Crippen LogP contribution is 2.35. The Bertz CT molecular complexity index is 1160. The lowest BCUT2D eigenvalue weighted by Crippen LogP contribution is -2.27. The maximum atomic E-state index is 12.8. The molecule has 0 fully saturated rings. The Kier molecular flexibility index (Phi) is 4.69. The number of hydrogen-bond donors (Lipinski definition) is 2. The molecule has 4 aromatic rings. The number of aromatic nitrogens is 2. The first-order valence-electron chi connectivity index (χ1n) is 9.17. The van der Waals surface area contributed by atoms with Crippen molar-refractivity contribution >= 4 is 27.7 Å². The fourth-order valence-corrected chi connectivity index (χ4v) is 3.71. The molecule has 0 atom stereocenters. The third-order valence-electron chi connectivity index (χ3n) is 5.15. The van der Waals surface area contributed by atoms with Crippen molar-refractivity contribution in [2.45, 2.75) is 6.42 Å². The number of hydrogen-bond acceptors (Lipinski definition) is 3. The van der Waals surface area contributed by atoms with E-state index in [2.05, 4.69) is 16.4 Å². The minimum absolute atomic E-state index is 0.123. The van der Waals surface area contributed by atoms with Crippen LogP contribution in [0.3, 0.4) is 0 Å². The average Bonchev–Trinajstić information content (AvgIpc) is 3.29. The number of H-pyrrole nitrogens is 1. The molecule has 28 heavy (non-hydrogen) atoms. The maximum Gasteiger partial charge on any atom is 0.267 e. The van der Waals surface area contributed by atoms with Crippen LogP contribution < -0.4 is 14.8 Å². The molecular weight excluding hydrogens is 354 g/mol. The first kappa shape index (κ1) is 18.0. The Morgan fingerprint density at radius 2 is 1.82 bits per heavy atom. The lowest BCUT2D eigenvalue weighted by atomic mass is 10.1. The summed E-state index contributed by atoms with van der Waals surface area (Å²) in [7, 11) is 5.10. The molecule has 0 aliphatic carbocycles. The standard InChI is InChI=1S/C22H23N3O3/c1-25-18(12-16-19(27-2)8-9-20(28-3)21(16)25)22(26)23-11-10-14-13-24-17-7-5-4-6-15(14)17/h4-9,12-13,24H,10-11H2,1-3H3,(H,23,26). The number of aromatic amines is 1. The van der Waals surface area contributed by atoms with E-state index in [-0.39, 0.29) is 5.91 Å². The van der Waals surface area contributed by atoms with Crippen LogP contribution in [-0.4, -0.2) is 36.2 Å². The largest absolute Gasteiger partial charge is 0.496 e. The Morgan fingerprint density at radius 1 is 1.07 bits per heavy atom. The molecule has 0 saturated heterocycles. The topological polar surface area (TPSA) is 68.3 Å². The van der Waals surface area contributed by atoms with Gasteiger partial charge in [-0.2, -0.15) is 0 Å². The molecule has 0 saturated carbocycles. The third kappa shape index (κ3) is 2.97. The first-order valence-corrected chi connectivity index (χ1v) is 9.17. The van der Waals surface area contributed by atoms with Crippen LogP contribution in [0.1, 0.15) is 16.1 Å². The number of nitrogens with one attached hydrogen (secondary N) is 2. The monoisotopic (exact) mass is 377 g/mol. The molecule has 0 spiro atoms. The van der Waals surface area contributed by atoms with Gasteiger partial charge in [0.25, 0.3) is 5.91 Å². The van der Waals surface area contributed by atoms with E-state index in [1.807, 2.05) is 54.2 Å². The van der Waals surface area contributed by atoms with Gasteiger partial charge >= 0.3 is 0 Å². The number of carbonyl (C=O) groups is 1. The third-order valence-corrected chi connectivity index (χ3v) is 5.15. The second kappa shape index (κ2) is 7.31. The fraction of sp³-hybridized carbons (Fsp3) is 0.227. The highest BCUT2D eigenvalue weighted by molar-refractivity contribution is 6.02. The number of amides is 1. The summed E-state index contributed by atoms with van der Waals surface area (Å²) < 4.78 is 12.7. The Morgan fingerprint density at radius 3 is 2.61 bits per heavy atom. The number of ether oxygens (including phenoxy) is 2. The highest BCUT2D eigenvalue weighted by Gasteiger charge is 2.18. The van der Waals surface area contributed by atoms with E-state index in [1.54, 1.807) is 14.2 Å². The van der Waals surface area contributed by atoms with Crippen molar-refractivity contribution in [3.63, 3.8) is 0 Å². The van der Waals surface area contributed by atoms with Crippen LogP contribution in [0.25, 0.3) is 21.8 Å². The zero-order valence-electron chi connectivity index (χ0n) is 16.2. The minimum atomic E-state index is -0.123. The zero-order chi connectivity index (χ0) is 19.7. The molecule has 0 unspecified atom stereocenters. The van der Waals surface area contributed by atoms with Crippen LogP contribution in [0.15, 0.2) is 48.7 Å². The van der Waals surface area contributed by atoms with Gasteiger partial charge in [0.1, 0.15) is 17.2 Å². The zero-order valence-corrected chi connectivity index (χ0v) is 16.2.